The Morgan fingerprint density at radius 3 is 3.00 bits per heavy atom. The van der Waals surface area contributed by atoms with Crippen LogP contribution in [0.3, 0.4) is 0 Å². The highest BCUT2D eigenvalue weighted by Crippen LogP contribution is 2.40. The minimum Gasteiger partial charge on any atom is -0.360 e. The highest BCUT2D eigenvalue weighted by atomic mass is 19.3. The fourth-order valence-electron chi connectivity index (χ4n) is 2.53. The van der Waals surface area contributed by atoms with E-state index in [1.165, 1.54) is 0 Å². The second kappa shape index (κ2) is 5.47. The molecule has 1 aliphatic heterocycles. The molecule has 1 amide bonds. The van der Waals surface area contributed by atoms with Gasteiger partial charge in [0, 0.05) is 31.1 Å². The molecule has 7 heteroatoms. The molecule has 20 heavy (non-hydrogen) atoms. The molecule has 0 radical (unpaired) electrons. The number of aromatic nitrogens is 1. The van der Waals surface area contributed by atoms with Crippen molar-refractivity contribution >= 4 is 5.91 Å². The lowest BCUT2D eigenvalue weighted by Crippen LogP contribution is -2.38. The van der Waals surface area contributed by atoms with E-state index in [0.717, 1.165) is 18.6 Å². The standard InChI is InChI=1S/C13H17F2N3O2/c14-12(15)7-18-4-3-9(6-18)16-13(19)10-5-11(20-17-10)8-1-2-8/h5,8-9,12H,1-4,6-7H2,(H,16,19). The van der Waals surface area contributed by atoms with E-state index >= 15 is 0 Å². The molecular weight excluding hydrogens is 268 g/mol. The Bertz CT molecular complexity index is 488. The fraction of sp³-hybridized carbons (Fsp3) is 0.692. The first kappa shape index (κ1) is 13.5. The van der Waals surface area contributed by atoms with E-state index in [2.05, 4.69) is 10.5 Å². The van der Waals surface area contributed by atoms with Crippen molar-refractivity contribution in [2.24, 2.45) is 0 Å². The van der Waals surface area contributed by atoms with Crippen LogP contribution in [0.4, 0.5) is 8.78 Å². The first-order valence-corrected chi connectivity index (χ1v) is 6.90. The van der Waals surface area contributed by atoms with Crippen molar-refractivity contribution in [1.82, 2.24) is 15.4 Å². The van der Waals surface area contributed by atoms with Gasteiger partial charge in [-0.1, -0.05) is 5.16 Å². The smallest absolute Gasteiger partial charge is 0.273 e. The van der Waals surface area contributed by atoms with Gasteiger partial charge in [-0.25, -0.2) is 8.78 Å². The van der Waals surface area contributed by atoms with E-state index in [9.17, 15) is 13.6 Å². The van der Waals surface area contributed by atoms with Gasteiger partial charge in [-0.15, -0.1) is 0 Å². The van der Waals surface area contributed by atoms with Gasteiger partial charge in [-0.05, 0) is 19.3 Å². The van der Waals surface area contributed by atoms with Crippen LogP contribution in [0.25, 0.3) is 0 Å². The third-order valence-corrected chi connectivity index (χ3v) is 3.74. The van der Waals surface area contributed by atoms with Gasteiger partial charge in [-0.2, -0.15) is 0 Å². The van der Waals surface area contributed by atoms with Gasteiger partial charge in [0.2, 0.25) is 0 Å². The van der Waals surface area contributed by atoms with Crippen molar-refractivity contribution in [2.45, 2.75) is 37.6 Å². The minimum atomic E-state index is -2.33. The first-order chi connectivity index (χ1) is 9.61. The van der Waals surface area contributed by atoms with Gasteiger partial charge in [0.15, 0.2) is 5.69 Å². The van der Waals surface area contributed by atoms with Crippen molar-refractivity contribution in [3.05, 3.63) is 17.5 Å². The lowest BCUT2D eigenvalue weighted by molar-refractivity contribution is 0.0911. The summed E-state index contributed by atoms with van der Waals surface area (Å²) in [5, 5.41) is 6.59. The Morgan fingerprint density at radius 1 is 1.50 bits per heavy atom. The predicted octanol–water partition coefficient (Wildman–Crippen LogP) is 1.62. The summed E-state index contributed by atoms with van der Waals surface area (Å²) in [6.45, 7) is 0.812. The van der Waals surface area contributed by atoms with Gasteiger partial charge >= 0.3 is 0 Å². The van der Waals surface area contributed by atoms with Crippen LogP contribution in [0.15, 0.2) is 10.6 Å². The molecule has 1 N–H and O–H groups in total. The third kappa shape index (κ3) is 3.15. The van der Waals surface area contributed by atoms with Gasteiger partial charge in [0.25, 0.3) is 12.3 Å². The van der Waals surface area contributed by atoms with E-state index < -0.39 is 6.43 Å². The summed E-state index contributed by atoms with van der Waals surface area (Å²) in [7, 11) is 0. The number of carbonyl (C=O) groups is 1. The van der Waals surface area contributed by atoms with E-state index in [1.807, 2.05) is 0 Å². The molecular formula is C13H17F2N3O2. The monoisotopic (exact) mass is 285 g/mol. The zero-order chi connectivity index (χ0) is 14.1. The molecule has 0 bridgehead atoms. The lowest BCUT2D eigenvalue weighted by atomic mass is 10.2. The van der Waals surface area contributed by atoms with Crippen LogP contribution in [0.2, 0.25) is 0 Å². The summed E-state index contributed by atoms with van der Waals surface area (Å²) in [6.07, 6.45) is 0.524. The number of amides is 1. The molecule has 1 aromatic heterocycles. The summed E-state index contributed by atoms with van der Waals surface area (Å²) in [5.41, 5.74) is 0.277. The van der Waals surface area contributed by atoms with Gasteiger partial charge in [-0.3, -0.25) is 9.69 Å². The number of hydrogen-bond acceptors (Lipinski definition) is 4. The number of likely N-dealkylation sites (tertiary alicyclic amines) is 1. The van der Waals surface area contributed by atoms with E-state index in [4.69, 9.17) is 4.52 Å². The number of rotatable bonds is 5. The molecule has 2 aliphatic rings. The Kier molecular flexibility index (Phi) is 3.69. The molecule has 1 saturated carbocycles. The van der Waals surface area contributed by atoms with Gasteiger partial charge in [0.1, 0.15) is 5.76 Å². The normalized spacial score (nSPS) is 23.4. The number of alkyl halides is 2. The summed E-state index contributed by atoms with van der Waals surface area (Å²) in [5.74, 6) is 0.891. The van der Waals surface area contributed by atoms with Crippen molar-refractivity contribution in [2.75, 3.05) is 19.6 Å². The molecule has 2 heterocycles. The van der Waals surface area contributed by atoms with E-state index in [-0.39, 0.29) is 24.2 Å². The Hall–Kier alpha value is -1.50. The number of halogens is 2. The highest BCUT2D eigenvalue weighted by Gasteiger charge is 2.30. The Morgan fingerprint density at radius 2 is 2.30 bits per heavy atom. The van der Waals surface area contributed by atoms with Crippen molar-refractivity contribution in [1.29, 1.82) is 0 Å². The Labute approximate surface area is 115 Å². The molecule has 0 spiro atoms. The summed E-state index contributed by atoms with van der Waals surface area (Å²) in [6, 6.07) is 1.58. The van der Waals surface area contributed by atoms with Crippen LogP contribution in [-0.4, -0.2) is 48.1 Å². The molecule has 1 aromatic rings. The lowest BCUT2D eigenvalue weighted by Gasteiger charge is -2.15. The SMILES string of the molecule is O=C(NC1CCN(CC(F)F)C1)c1cc(C2CC2)on1. The number of nitrogens with one attached hydrogen (secondary N) is 1. The molecule has 3 rings (SSSR count). The maximum atomic E-state index is 12.3. The van der Waals surface area contributed by atoms with Crippen LogP contribution in [-0.2, 0) is 0 Å². The average molecular weight is 285 g/mol. The summed E-state index contributed by atoms with van der Waals surface area (Å²) < 4.78 is 29.7. The molecule has 2 fully saturated rings. The van der Waals surface area contributed by atoms with Crippen molar-refractivity contribution < 1.29 is 18.1 Å². The molecule has 1 unspecified atom stereocenters. The van der Waals surface area contributed by atoms with Crippen LogP contribution >= 0.6 is 0 Å². The molecule has 1 saturated heterocycles. The van der Waals surface area contributed by atoms with E-state index in [1.54, 1.807) is 11.0 Å². The summed E-state index contributed by atoms with van der Waals surface area (Å²) in [4.78, 5) is 13.6. The van der Waals surface area contributed by atoms with Gasteiger partial charge < -0.3 is 9.84 Å². The zero-order valence-electron chi connectivity index (χ0n) is 11.0. The third-order valence-electron chi connectivity index (χ3n) is 3.74. The largest absolute Gasteiger partial charge is 0.360 e. The highest BCUT2D eigenvalue weighted by molar-refractivity contribution is 5.92. The maximum absolute atomic E-state index is 12.3. The van der Waals surface area contributed by atoms with Crippen molar-refractivity contribution in [3.8, 4) is 0 Å². The average Bonchev–Trinajstić information content (AvgIpc) is 2.96. The number of carbonyl (C=O) groups excluding carboxylic acids is 1. The molecule has 0 aromatic carbocycles. The zero-order valence-corrected chi connectivity index (χ0v) is 11.0. The maximum Gasteiger partial charge on any atom is 0.273 e. The fourth-order valence-corrected chi connectivity index (χ4v) is 2.53. The van der Waals surface area contributed by atoms with Crippen LogP contribution in [0.5, 0.6) is 0 Å². The molecule has 5 nitrogen and oxygen atoms in total. The number of hydrogen-bond donors (Lipinski definition) is 1. The Balaban J connectivity index is 1.51. The van der Waals surface area contributed by atoms with Crippen LogP contribution < -0.4 is 5.32 Å². The first-order valence-electron chi connectivity index (χ1n) is 6.90. The second-order valence-corrected chi connectivity index (χ2v) is 5.50. The second-order valence-electron chi connectivity index (χ2n) is 5.50. The van der Waals surface area contributed by atoms with E-state index in [0.29, 0.717) is 25.4 Å². The summed E-state index contributed by atoms with van der Waals surface area (Å²) >= 11 is 0. The van der Waals surface area contributed by atoms with Gasteiger partial charge in [0.05, 0.1) is 6.54 Å². The van der Waals surface area contributed by atoms with Crippen LogP contribution in [0.1, 0.15) is 41.4 Å². The minimum absolute atomic E-state index is 0.0951. The topological polar surface area (TPSA) is 58.4 Å². The number of nitrogens with zero attached hydrogens (tertiary/aromatic N) is 2. The quantitative estimate of drug-likeness (QED) is 0.893. The molecule has 110 valence electrons. The van der Waals surface area contributed by atoms with Crippen LogP contribution in [0, 0.1) is 0 Å². The van der Waals surface area contributed by atoms with Crippen molar-refractivity contribution in [3.63, 3.8) is 0 Å². The predicted molar refractivity (Wildman–Crippen MR) is 66.8 cm³/mol. The molecule has 1 atom stereocenters. The molecule has 1 aliphatic carbocycles.